The molecule has 1 aliphatic rings. The Morgan fingerprint density at radius 1 is 1.03 bits per heavy atom. The Hall–Kier alpha value is -2.92. The fourth-order valence-electron chi connectivity index (χ4n) is 4.43. The van der Waals surface area contributed by atoms with Crippen LogP contribution in [0.15, 0.2) is 36.5 Å². The van der Waals surface area contributed by atoms with Crippen molar-refractivity contribution in [3.8, 4) is 17.2 Å². The number of aliphatic hydroxyl groups excluding tert-OH is 1. The van der Waals surface area contributed by atoms with E-state index < -0.39 is 0 Å². The first-order valence-electron chi connectivity index (χ1n) is 9.84. The maximum atomic E-state index is 9.92. The molecule has 1 aliphatic carbocycles. The Kier molecular flexibility index (Phi) is 5.24. The van der Waals surface area contributed by atoms with E-state index in [4.69, 9.17) is 14.2 Å². The summed E-state index contributed by atoms with van der Waals surface area (Å²) in [6.07, 6.45) is 7.36. The molecule has 152 valence electrons. The van der Waals surface area contributed by atoms with E-state index in [1.807, 2.05) is 25.4 Å². The minimum atomic E-state index is 0.0387. The molecule has 0 unspecified atom stereocenters. The summed E-state index contributed by atoms with van der Waals surface area (Å²) in [4.78, 5) is 0. The zero-order valence-electron chi connectivity index (χ0n) is 17.4. The number of benzene rings is 2. The Morgan fingerprint density at radius 2 is 1.76 bits per heavy atom. The van der Waals surface area contributed by atoms with Gasteiger partial charge in [0.2, 0.25) is 5.75 Å². The molecule has 0 amide bonds. The second-order valence-electron chi connectivity index (χ2n) is 7.33. The van der Waals surface area contributed by atoms with Crippen molar-refractivity contribution in [3.63, 3.8) is 0 Å². The zero-order chi connectivity index (χ0) is 20.5. The topological polar surface area (TPSA) is 52.9 Å². The van der Waals surface area contributed by atoms with Crippen LogP contribution >= 0.6 is 0 Å². The maximum Gasteiger partial charge on any atom is 0.203 e. The average Bonchev–Trinajstić information content (AvgIpc) is 2.94. The molecular formula is C24H27NO4. The maximum absolute atomic E-state index is 9.92. The van der Waals surface area contributed by atoms with Crippen LogP contribution in [0.3, 0.4) is 0 Å². The minimum Gasteiger partial charge on any atom is -0.493 e. The van der Waals surface area contributed by atoms with E-state index in [9.17, 15) is 5.11 Å². The molecule has 4 rings (SSSR count). The number of nitrogens with zero attached hydrogens (tertiary/aromatic N) is 1. The summed E-state index contributed by atoms with van der Waals surface area (Å²) in [5.41, 5.74) is 6.81. The number of fused-ring (bicyclic) bond motifs is 3. The predicted molar refractivity (Wildman–Crippen MR) is 115 cm³/mol. The average molecular weight is 393 g/mol. The number of rotatable bonds is 5. The van der Waals surface area contributed by atoms with Crippen molar-refractivity contribution in [1.29, 1.82) is 0 Å². The molecule has 0 radical (unpaired) electrons. The Morgan fingerprint density at radius 3 is 2.38 bits per heavy atom. The van der Waals surface area contributed by atoms with Gasteiger partial charge in [0, 0.05) is 29.7 Å². The zero-order valence-corrected chi connectivity index (χ0v) is 17.4. The lowest BCUT2D eigenvalue weighted by Crippen LogP contribution is -1.99. The Bertz CT molecular complexity index is 1070. The van der Waals surface area contributed by atoms with Gasteiger partial charge in [-0.2, -0.15) is 0 Å². The van der Waals surface area contributed by atoms with Crippen LogP contribution in [0.2, 0.25) is 0 Å². The van der Waals surface area contributed by atoms with E-state index >= 15 is 0 Å². The van der Waals surface area contributed by atoms with Crippen molar-refractivity contribution < 1.29 is 19.3 Å². The normalized spacial score (nSPS) is 13.6. The van der Waals surface area contributed by atoms with Gasteiger partial charge in [0.25, 0.3) is 0 Å². The monoisotopic (exact) mass is 393 g/mol. The molecule has 5 heteroatoms. The van der Waals surface area contributed by atoms with Gasteiger partial charge in [0.1, 0.15) is 0 Å². The molecule has 1 heterocycles. The standard InChI is InChI=1S/C24H27NO4/c1-25-13-16(14-26)23-19-8-6-5-7-17(18(19)9-10-20(23)25)15-11-21(27-2)24(29-4)22(12-15)28-3/h7,9-13,26H,5-6,8,14H2,1-4H3. The molecule has 0 fully saturated rings. The molecule has 0 aliphatic heterocycles. The number of aryl methyl sites for hydroxylation is 2. The Labute approximate surface area is 171 Å². The molecular weight excluding hydrogens is 366 g/mol. The van der Waals surface area contributed by atoms with Crippen molar-refractivity contribution in [2.75, 3.05) is 21.3 Å². The highest BCUT2D eigenvalue weighted by atomic mass is 16.5. The molecule has 0 atom stereocenters. The predicted octanol–water partition coefficient (Wildman–Crippen LogP) is 4.46. The molecule has 0 bridgehead atoms. The van der Waals surface area contributed by atoms with Crippen molar-refractivity contribution in [3.05, 3.63) is 58.8 Å². The molecule has 2 aromatic carbocycles. The molecule has 0 saturated carbocycles. The second-order valence-corrected chi connectivity index (χ2v) is 7.33. The van der Waals surface area contributed by atoms with Crippen molar-refractivity contribution in [2.45, 2.75) is 25.9 Å². The summed E-state index contributed by atoms with van der Waals surface area (Å²) < 4.78 is 18.7. The van der Waals surface area contributed by atoms with Crippen LogP contribution in [-0.4, -0.2) is 31.0 Å². The van der Waals surface area contributed by atoms with Crippen LogP contribution in [0.1, 0.15) is 35.1 Å². The first-order chi connectivity index (χ1) is 14.1. The third-order valence-electron chi connectivity index (χ3n) is 5.76. The molecule has 5 nitrogen and oxygen atoms in total. The largest absolute Gasteiger partial charge is 0.493 e. The van der Waals surface area contributed by atoms with Gasteiger partial charge < -0.3 is 23.9 Å². The van der Waals surface area contributed by atoms with Crippen LogP contribution < -0.4 is 14.2 Å². The first-order valence-corrected chi connectivity index (χ1v) is 9.84. The van der Waals surface area contributed by atoms with Crippen LogP contribution in [0.5, 0.6) is 17.2 Å². The highest BCUT2D eigenvalue weighted by molar-refractivity contribution is 5.95. The third kappa shape index (κ3) is 3.15. The smallest absolute Gasteiger partial charge is 0.203 e. The van der Waals surface area contributed by atoms with Gasteiger partial charge >= 0.3 is 0 Å². The number of allylic oxidation sites excluding steroid dienone is 1. The van der Waals surface area contributed by atoms with Crippen molar-refractivity contribution in [1.82, 2.24) is 4.57 Å². The van der Waals surface area contributed by atoms with Crippen LogP contribution in [0, 0.1) is 0 Å². The lowest BCUT2D eigenvalue weighted by molar-refractivity contribution is 0.283. The number of ether oxygens (including phenoxy) is 3. The van der Waals surface area contributed by atoms with Gasteiger partial charge in [-0.15, -0.1) is 0 Å². The lowest BCUT2D eigenvalue weighted by Gasteiger charge is -2.17. The molecule has 0 spiro atoms. The van der Waals surface area contributed by atoms with Crippen molar-refractivity contribution >= 4 is 16.5 Å². The van der Waals surface area contributed by atoms with E-state index in [-0.39, 0.29) is 6.61 Å². The molecule has 29 heavy (non-hydrogen) atoms. The fourth-order valence-corrected chi connectivity index (χ4v) is 4.43. The third-order valence-corrected chi connectivity index (χ3v) is 5.76. The first kappa shape index (κ1) is 19.4. The SMILES string of the molecule is COc1cc(C2=CCCCc3c2ccc2c3c(CO)cn2C)cc(OC)c1OC. The van der Waals surface area contributed by atoms with E-state index in [2.05, 4.69) is 22.8 Å². The summed E-state index contributed by atoms with van der Waals surface area (Å²) in [6.45, 7) is 0.0387. The summed E-state index contributed by atoms with van der Waals surface area (Å²) in [6, 6.07) is 8.35. The van der Waals surface area contributed by atoms with Crippen LogP contribution in [-0.2, 0) is 20.1 Å². The van der Waals surface area contributed by atoms with Crippen LogP contribution in [0.4, 0.5) is 0 Å². The van der Waals surface area contributed by atoms with Gasteiger partial charge in [-0.25, -0.2) is 0 Å². The summed E-state index contributed by atoms with van der Waals surface area (Å²) >= 11 is 0. The highest BCUT2D eigenvalue weighted by Gasteiger charge is 2.21. The number of hydrogen-bond donors (Lipinski definition) is 1. The van der Waals surface area contributed by atoms with Gasteiger partial charge in [0.05, 0.1) is 27.9 Å². The number of aliphatic hydroxyl groups is 1. The van der Waals surface area contributed by atoms with Gasteiger partial charge in [-0.1, -0.05) is 12.1 Å². The van der Waals surface area contributed by atoms with E-state index in [0.29, 0.717) is 17.2 Å². The number of hydrogen-bond acceptors (Lipinski definition) is 4. The summed E-state index contributed by atoms with van der Waals surface area (Å²) in [5, 5.41) is 11.1. The van der Waals surface area contributed by atoms with E-state index in [1.165, 1.54) is 16.5 Å². The quantitative estimate of drug-likeness (QED) is 0.695. The molecule has 1 aromatic heterocycles. The summed E-state index contributed by atoms with van der Waals surface area (Å²) in [5.74, 6) is 1.88. The van der Waals surface area contributed by atoms with Crippen LogP contribution in [0.25, 0.3) is 16.5 Å². The fraction of sp³-hybridized carbons (Fsp3) is 0.333. The lowest BCUT2D eigenvalue weighted by atomic mass is 9.90. The molecule has 1 N–H and O–H groups in total. The van der Waals surface area contributed by atoms with E-state index in [0.717, 1.165) is 41.5 Å². The molecule has 3 aromatic rings. The Balaban J connectivity index is 1.96. The highest BCUT2D eigenvalue weighted by Crippen LogP contribution is 2.43. The van der Waals surface area contributed by atoms with E-state index in [1.54, 1.807) is 21.3 Å². The second kappa shape index (κ2) is 7.84. The van der Waals surface area contributed by atoms with Gasteiger partial charge in [-0.05, 0) is 59.7 Å². The van der Waals surface area contributed by atoms with Gasteiger partial charge in [-0.3, -0.25) is 0 Å². The number of methoxy groups -OCH3 is 3. The molecule has 0 saturated heterocycles. The number of aromatic nitrogens is 1. The van der Waals surface area contributed by atoms with Crippen molar-refractivity contribution in [2.24, 2.45) is 7.05 Å². The minimum absolute atomic E-state index is 0.0387. The van der Waals surface area contributed by atoms with Gasteiger partial charge in [0.15, 0.2) is 11.5 Å². The summed E-state index contributed by atoms with van der Waals surface area (Å²) in [7, 11) is 6.92.